The maximum Gasteiger partial charge on any atom is 0.188 e. The van der Waals surface area contributed by atoms with Crippen LogP contribution in [0, 0.1) is 17.9 Å². The lowest BCUT2D eigenvalue weighted by atomic mass is 10.0. The molecule has 0 fully saturated rings. The standard InChI is InChI=1S/C43H23N5O/c1-45-29-15-17-38-36(24-29)32-10-2-4-13-37(32)47(38)31-21-26(25-44)20-28(23-31)27-8-6-9-30(22-27)48-42-33(34-12-7-19-46-43(34)48)16-18-40-41(42)35-11-3-5-14-39(35)49-40/h2-24H. The van der Waals surface area contributed by atoms with Crippen LogP contribution in [0.3, 0.4) is 0 Å². The molecule has 0 aliphatic carbocycles. The van der Waals surface area contributed by atoms with Crippen LogP contribution in [-0.2, 0) is 0 Å². The van der Waals surface area contributed by atoms with Crippen LogP contribution in [0.15, 0.2) is 144 Å². The van der Waals surface area contributed by atoms with Crippen LogP contribution < -0.4 is 0 Å². The Labute approximate surface area is 279 Å². The quantitative estimate of drug-likeness (QED) is 0.184. The van der Waals surface area contributed by atoms with Crippen molar-refractivity contribution in [2.45, 2.75) is 0 Å². The summed E-state index contributed by atoms with van der Waals surface area (Å²) in [6.07, 6.45) is 1.84. The average molecular weight is 626 g/mol. The molecule has 0 atom stereocenters. The third kappa shape index (κ3) is 3.89. The molecule has 49 heavy (non-hydrogen) atoms. The molecule has 226 valence electrons. The molecule has 10 rings (SSSR count). The van der Waals surface area contributed by atoms with Crippen molar-refractivity contribution in [3.8, 4) is 28.6 Å². The van der Waals surface area contributed by atoms with E-state index in [1.54, 1.807) is 0 Å². The maximum atomic E-state index is 10.2. The van der Waals surface area contributed by atoms with Gasteiger partial charge in [0.05, 0.1) is 40.1 Å². The van der Waals surface area contributed by atoms with Crippen LogP contribution in [0.5, 0.6) is 0 Å². The van der Waals surface area contributed by atoms with E-state index in [1.165, 1.54) is 0 Å². The molecule has 0 radical (unpaired) electrons. The number of nitriles is 1. The summed E-state index contributed by atoms with van der Waals surface area (Å²) in [6, 6.07) is 47.3. The van der Waals surface area contributed by atoms with Gasteiger partial charge in [0.15, 0.2) is 5.69 Å². The second-order valence-electron chi connectivity index (χ2n) is 12.2. The summed E-state index contributed by atoms with van der Waals surface area (Å²) in [4.78, 5) is 8.55. The lowest BCUT2D eigenvalue weighted by Gasteiger charge is -2.13. The number of benzene rings is 6. The second kappa shape index (κ2) is 10.2. The van der Waals surface area contributed by atoms with Crippen LogP contribution in [0.2, 0.25) is 0 Å². The fraction of sp³-hybridized carbons (Fsp3) is 0. The lowest BCUT2D eigenvalue weighted by molar-refractivity contribution is 0.669. The average Bonchev–Trinajstić information content (AvgIpc) is 3.82. The molecule has 0 N–H and O–H groups in total. The Morgan fingerprint density at radius 2 is 1.43 bits per heavy atom. The summed E-state index contributed by atoms with van der Waals surface area (Å²) in [7, 11) is 0. The van der Waals surface area contributed by atoms with Crippen molar-refractivity contribution in [3.05, 3.63) is 157 Å². The van der Waals surface area contributed by atoms with E-state index >= 15 is 0 Å². The Hall–Kier alpha value is -7.15. The maximum absolute atomic E-state index is 10.2. The number of aromatic nitrogens is 3. The van der Waals surface area contributed by atoms with Gasteiger partial charge in [-0.05, 0) is 95.4 Å². The zero-order valence-electron chi connectivity index (χ0n) is 25.9. The van der Waals surface area contributed by atoms with Crippen molar-refractivity contribution < 1.29 is 4.42 Å². The minimum atomic E-state index is 0.562. The molecule has 0 spiro atoms. The summed E-state index contributed by atoms with van der Waals surface area (Å²) in [5.41, 5.74) is 10.5. The molecule has 0 aliphatic heterocycles. The van der Waals surface area contributed by atoms with Crippen LogP contribution in [0.25, 0.3) is 93.0 Å². The predicted molar refractivity (Wildman–Crippen MR) is 197 cm³/mol. The van der Waals surface area contributed by atoms with Crippen LogP contribution >= 0.6 is 0 Å². The third-order valence-corrected chi connectivity index (χ3v) is 9.56. The molecule has 6 aromatic carbocycles. The van der Waals surface area contributed by atoms with E-state index in [-0.39, 0.29) is 0 Å². The van der Waals surface area contributed by atoms with E-state index in [2.05, 4.69) is 86.8 Å². The van der Waals surface area contributed by atoms with Crippen molar-refractivity contribution in [1.82, 2.24) is 14.1 Å². The van der Waals surface area contributed by atoms with Crippen LogP contribution in [-0.4, -0.2) is 14.1 Å². The minimum absolute atomic E-state index is 0.562. The molecular formula is C43H23N5O. The first-order valence-electron chi connectivity index (χ1n) is 16.0. The number of fused-ring (bicyclic) bond motifs is 10. The van der Waals surface area contributed by atoms with Crippen molar-refractivity contribution in [3.63, 3.8) is 0 Å². The zero-order chi connectivity index (χ0) is 32.6. The van der Waals surface area contributed by atoms with Gasteiger partial charge >= 0.3 is 0 Å². The smallest absolute Gasteiger partial charge is 0.188 e. The van der Waals surface area contributed by atoms with Crippen molar-refractivity contribution in [1.29, 1.82) is 5.26 Å². The molecular weight excluding hydrogens is 603 g/mol. The van der Waals surface area contributed by atoms with E-state index in [4.69, 9.17) is 16.0 Å². The van der Waals surface area contributed by atoms with Gasteiger partial charge in [0.25, 0.3) is 0 Å². The van der Waals surface area contributed by atoms with Gasteiger partial charge in [-0.3, -0.25) is 4.57 Å². The van der Waals surface area contributed by atoms with Crippen LogP contribution in [0.4, 0.5) is 5.69 Å². The highest BCUT2D eigenvalue weighted by Crippen LogP contribution is 2.41. The highest BCUT2D eigenvalue weighted by Gasteiger charge is 2.20. The first-order valence-corrected chi connectivity index (χ1v) is 16.0. The molecule has 4 aromatic heterocycles. The number of hydrogen-bond donors (Lipinski definition) is 0. The molecule has 10 aromatic rings. The topological polar surface area (TPSA) is 64.0 Å². The fourth-order valence-corrected chi connectivity index (χ4v) is 7.50. The van der Waals surface area contributed by atoms with E-state index < -0.39 is 0 Å². The summed E-state index contributed by atoms with van der Waals surface area (Å²) in [5.74, 6) is 0. The van der Waals surface area contributed by atoms with Gasteiger partial charge in [0.1, 0.15) is 16.8 Å². The largest absolute Gasteiger partial charge is 0.456 e. The normalized spacial score (nSPS) is 11.6. The number of hydrogen-bond acceptors (Lipinski definition) is 3. The molecule has 0 bridgehead atoms. The van der Waals surface area contributed by atoms with E-state index in [9.17, 15) is 5.26 Å². The summed E-state index contributed by atoms with van der Waals surface area (Å²) in [6.45, 7) is 7.57. The molecule has 0 aliphatic rings. The van der Waals surface area contributed by atoms with Crippen molar-refractivity contribution in [2.75, 3.05) is 0 Å². The number of furan rings is 1. The molecule has 0 unspecified atom stereocenters. The summed E-state index contributed by atoms with van der Waals surface area (Å²) < 4.78 is 10.7. The lowest BCUT2D eigenvalue weighted by Crippen LogP contribution is -1.98. The van der Waals surface area contributed by atoms with E-state index in [1.807, 2.05) is 72.9 Å². The molecule has 6 nitrogen and oxygen atoms in total. The van der Waals surface area contributed by atoms with E-state index in [0.29, 0.717) is 11.3 Å². The van der Waals surface area contributed by atoms with Gasteiger partial charge in [-0.1, -0.05) is 54.6 Å². The highest BCUT2D eigenvalue weighted by molar-refractivity contribution is 6.24. The second-order valence-corrected chi connectivity index (χ2v) is 12.2. The Kier molecular flexibility index (Phi) is 5.61. The monoisotopic (exact) mass is 625 g/mol. The third-order valence-electron chi connectivity index (χ3n) is 9.56. The van der Waals surface area contributed by atoms with Gasteiger partial charge < -0.3 is 8.98 Å². The van der Waals surface area contributed by atoms with Gasteiger partial charge in [-0.25, -0.2) is 9.83 Å². The molecule has 0 amide bonds. The van der Waals surface area contributed by atoms with Crippen molar-refractivity contribution in [2.24, 2.45) is 0 Å². The first kappa shape index (κ1) is 27.0. The number of nitrogens with zero attached hydrogens (tertiary/aromatic N) is 5. The summed E-state index contributed by atoms with van der Waals surface area (Å²) >= 11 is 0. The Morgan fingerprint density at radius 1 is 0.612 bits per heavy atom. The highest BCUT2D eigenvalue weighted by atomic mass is 16.3. The minimum Gasteiger partial charge on any atom is -0.456 e. The molecule has 0 saturated carbocycles. The first-order chi connectivity index (χ1) is 24.2. The molecule has 0 saturated heterocycles. The van der Waals surface area contributed by atoms with Gasteiger partial charge in [0, 0.05) is 39.1 Å². The molecule has 4 heterocycles. The number of para-hydroxylation sites is 2. The fourth-order valence-electron chi connectivity index (χ4n) is 7.50. The number of pyridine rings is 1. The Bertz CT molecular complexity index is 3090. The Balaban J connectivity index is 1.22. The molecule has 6 heteroatoms. The summed E-state index contributed by atoms with van der Waals surface area (Å²) in [5, 5.41) is 16.6. The number of rotatable bonds is 3. The van der Waals surface area contributed by atoms with Crippen molar-refractivity contribution >= 4 is 71.4 Å². The SMILES string of the molecule is [C-]#[N+]c1ccc2c(c1)c1ccccc1n2-c1cc(C#N)cc(-c2cccc(-n3c4ncccc4c4ccc5oc6ccccc6c5c43)c2)c1. The predicted octanol–water partition coefficient (Wildman–Crippen LogP) is 11.3. The van der Waals surface area contributed by atoms with Gasteiger partial charge in [-0.2, -0.15) is 5.26 Å². The van der Waals surface area contributed by atoms with E-state index in [0.717, 1.165) is 88.2 Å². The Morgan fingerprint density at radius 3 is 2.33 bits per heavy atom. The van der Waals surface area contributed by atoms with Gasteiger partial charge in [-0.15, -0.1) is 0 Å². The zero-order valence-corrected chi connectivity index (χ0v) is 25.9. The van der Waals surface area contributed by atoms with Gasteiger partial charge in [0.2, 0.25) is 0 Å². The van der Waals surface area contributed by atoms with Crippen LogP contribution in [0.1, 0.15) is 5.56 Å².